The third kappa shape index (κ3) is 1.53. The van der Waals surface area contributed by atoms with Crippen LogP contribution in [-0.4, -0.2) is 20.9 Å². The molecule has 4 rings (SSSR count). The van der Waals surface area contributed by atoms with E-state index in [4.69, 9.17) is 0 Å². The number of aromatic nitrogens is 3. The number of aromatic amines is 1. The number of rotatable bonds is 1. The molecule has 1 amide bonds. The molecule has 3 heterocycles. The molecule has 0 saturated carbocycles. The molecule has 0 fully saturated rings. The number of benzene rings is 1. The summed E-state index contributed by atoms with van der Waals surface area (Å²) < 4.78 is 0. The average molecular weight is 262 g/mol. The van der Waals surface area contributed by atoms with E-state index in [0.29, 0.717) is 5.57 Å². The maximum Gasteiger partial charge on any atom is 0.256 e. The smallest absolute Gasteiger partial charge is 0.256 e. The van der Waals surface area contributed by atoms with Gasteiger partial charge < -0.3 is 10.3 Å². The van der Waals surface area contributed by atoms with Crippen molar-refractivity contribution in [3.05, 3.63) is 54.1 Å². The topological polar surface area (TPSA) is 70.7 Å². The van der Waals surface area contributed by atoms with E-state index in [9.17, 15) is 4.79 Å². The molecule has 20 heavy (non-hydrogen) atoms. The molecule has 0 unspecified atom stereocenters. The molecule has 96 valence electrons. The van der Waals surface area contributed by atoms with Gasteiger partial charge in [0.15, 0.2) is 0 Å². The fourth-order valence-corrected chi connectivity index (χ4v) is 2.44. The number of amides is 1. The predicted molar refractivity (Wildman–Crippen MR) is 76.8 cm³/mol. The minimum Gasteiger partial charge on any atom is -0.362 e. The van der Waals surface area contributed by atoms with Gasteiger partial charge in [0, 0.05) is 29.8 Å². The number of carbonyl (C=O) groups is 1. The van der Waals surface area contributed by atoms with Crippen LogP contribution in [0.15, 0.2) is 42.9 Å². The van der Waals surface area contributed by atoms with Gasteiger partial charge in [-0.25, -0.2) is 0 Å². The highest BCUT2D eigenvalue weighted by molar-refractivity contribution is 6.37. The Labute approximate surface area is 114 Å². The Bertz CT molecular complexity index is 849. The lowest BCUT2D eigenvalue weighted by Crippen LogP contribution is -2.03. The highest BCUT2D eigenvalue weighted by Crippen LogP contribution is 2.36. The van der Waals surface area contributed by atoms with Gasteiger partial charge in [-0.3, -0.25) is 14.8 Å². The zero-order valence-electron chi connectivity index (χ0n) is 10.4. The molecule has 5 heteroatoms. The minimum atomic E-state index is -0.118. The van der Waals surface area contributed by atoms with E-state index < -0.39 is 0 Å². The van der Waals surface area contributed by atoms with Crippen molar-refractivity contribution in [1.29, 1.82) is 0 Å². The lowest BCUT2D eigenvalue weighted by atomic mass is 10.0. The van der Waals surface area contributed by atoms with Crippen molar-refractivity contribution in [2.24, 2.45) is 0 Å². The van der Waals surface area contributed by atoms with Gasteiger partial charge >= 0.3 is 0 Å². The van der Waals surface area contributed by atoms with Crippen LogP contribution < -0.4 is 5.32 Å². The molecule has 0 radical (unpaired) electrons. The van der Waals surface area contributed by atoms with E-state index >= 15 is 0 Å². The van der Waals surface area contributed by atoms with Gasteiger partial charge in [-0.2, -0.15) is 0 Å². The Morgan fingerprint density at radius 2 is 2.00 bits per heavy atom. The molecule has 1 aliphatic rings. The quantitative estimate of drug-likeness (QED) is 0.662. The first-order valence-electron chi connectivity index (χ1n) is 6.23. The van der Waals surface area contributed by atoms with E-state index in [-0.39, 0.29) is 5.91 Å². The first-order chi connectivity index (χ1) is 9.83. The van der Waals surface area contributed by atoms with Crippen molar-refractivity contribution >= 4 is 34.3 Å². The fraction of sp³-hybridized carbons (Fsp3) is 0. The number of fused-ring (bicyclic) bond motifs is 3. The number of anilines is 1. The molecule has 3 aromatic rings. The molecule has 2 N–H and O–H groups in total. The normalized spacial score (nSPS) is 15.6. The van der Waals surface area contributed by atoms with E-state index in [2.05, 4.69) is 20.3 Å². The summed E-state index contributed by atoms with van der Waals surface area (Å²) in [6.45, 7) is 0. The van der Waals surface area contributed by atoms with Gasteiger partial charge in [-0.1, -0.05) is 0 Å². The van der Waals surface area contributed by atoms with Gasteiger partial charge in [0.2, 0.25) is 0 Å². The van der Waals surface area contributed by atoms with Crippen molar-refractivity contribution in [2.75, 3.05) is 5.32 Å². The zero-order chi connectivity index (χ0) is 13.5. The molecule has 0 atom stereocenters. The van der Waals surface area contributed by atoms with Gasteiger partial charge in [-0.15, -0.1) is 0 Å². The summed E-state index contributed by atoms with van der Waals surface area (Å²) in [4.78, 5) is 23.9. The Morgan fingerprint density at radius 1 is 1.10 bits per heavy atom. The highest BCUT2D eigenvalue weighted by Gasteiger charge is 2.27. The van der Waals surface area contributed by atoms with Crippen molar-refractivity contribution in [3.8, 4) is 0 Å². The van der Waals surface area contributed by atoms with Gasteiger partial charge in [-0.05, 0) is 30.3 Å². The lowest BCUT2D eigenvalue weighted by Gasteiger charge is -2.02. The second-order valence-corrected chi connectivity index (χ2v) is 4.55. The maximum atomic E-state index is 12.2. The van der Waals surface area contributed by atoms with Crippen LogP contribution in [-0.2, 0) is 4.79 Å². The van der Waals surface area contributed by atoms with Crippen LogP contribution in [0.1, 0.15) is 11.3 Å². The second-order valence-electron chi connectivity index (χ2n) is 4.55. The highest BCUT2D eigenvalue weighted by atomic mass is 16.2. The molecule has 5 nitrogen and oxygen atoms in total. The summed E-state index contributed by atoms with van der Waals surface area (Å²) in [7, 11) is 0. The lowest BCUT2D eigenvalue weighted by molar-refractivity contribution is -0.110. The summed E-state index contributed by atoms with van der Waals surface area (Å²) >= 11 is 0. The number of nitrogens with one attached hydrogen (secondary N) is 2. The molecule has 0 aliphatic carbocycles. The monoisotopic (exact) mass is 262 g/mol. The molecular formula is C15H10N4O. The van der Waals surface area contributed by atoms with Crippen LogP contribution in [0, 0.1) is 0 Å². The number of H-pyrrole nitrogens is 1. The number of carbonyl (C=O) groups excluding carboxylic acids is 1. The fourth-order valence-electron chi connectivity index (χ4n) is 2.44. The third-order valence-corrected chi connectivity index (χ3v) is 3.32. The molecule has 0 spiro atoms. The van der Waals surface area contributed by atoms with Gasteiger partial charge in [0.05, 0.1) is 22.3 Å². The Kier molecular flexibility index (Phi) is 2.20. The number of hydrogen-bond donors (Lipinski definition) is 2. The third-order valence-electron chi connectivity index (χ3n) is 3.32. The van der Waals surface area contributed by atoms with E-state index in [1.54, 1.807) is 12.4 Å². The summed E-state index contributed by atoms with van der Waals surface area (Å²) in [6.07, 6.45) is 6.93. The van der Waals surface area contributed by atoms with E-state index in [0.717, 1.165) is 28.0 Å². The van der Waals surface area contributed by atoms with Crippen LogP contribution in [0.3, 0.4) is 0 Å². The van der Waals surface area contributed by atoms with Crippen molar-refractivity contribution in [3.63, 3.8) is 0 Å². The summed E-state index contributed by atoms with van der Waals surface area (Å²) in [5.74, 6) is -0.118. The number of hydrogen-bond acceptors (Lipinski definition) is 3. The van der Waals surface area contributed by atoms with Gasteiger partial charge in [0.1, 0.15) is 0 Å². The SMILES string of the molecule is O=C1Nc2ccc3nccnc3c2/C1=C/c1ccc[nH]1. The summed E-state index contributed by atoms with van der Waals surface area (Å²) in [5.41, 5.74) is 4.59. The van der Waals surface area contributed by atoms with E-state index in [1.807, 2.05) is 36.5 Å². The van der Waals surface area contributed by atoms with Crippen LogP contribution in [0.2, 0.25) is 0 Å². The van der Waals surface area contributed by atoms with Crippen molar-refractivity contribution < 1.29 is 4.79 Å². The van der Waals surface area contributed by atoms with Crippen LogP contribution in [0.4, 0.5) is 5.69 Å². The van der Waals surface area contributed by atoms with E-state index in [1.165, 1.54) is 0 Å². The maximum absolute atomic E-state index is 12.2. The molecule has 1 aliphatic heterocycles. The summed E-state index contributed by atoms with van der Waals surface area (Å²) in [6, 6.07) is 7.52. The van der Waals surface area contributed by atoms with Gasteiger partial charge in [0.25, 0.3) is 5.91 Å². The second kappa shape index (κ2) is 4.03. The largest absolute Gasteiger partial charge is 0.362 e. The Morgan fingerprint density at radius 3 is 2.85 bits per heavy atom. The first-order valence-corrected chi connectivity index (χ1v) is 6.23. The molecule has 2 aromatic heterocycles. The number of nitrogens with zero attached hydrogens (tertiary/aromatic N) is 2. The molecule has 1 aromatic carbocycles. The average Bonchev–Trinajstić information content (AvgIpc) is 3.08. The van der Waals surface area contributed by atoms with Crippen LogP contribution in [0.5, 0.6) is 0 Å². The Hall–Kier alpha value is -2.95. The zero-order valence-corrected chi connectivity index (χ0v) is 10.4. The van der Waals surface area contributed by atoms with Crippen molar-refractivity contribution in [1.82, 2.24) is 15.0 Å². The van der Waals surface area contributed by atoms with Crippen LogP contribution >= 0.6 is 0 Å². The van der Waals surface area contributed by atoms with Crippen LogP contribution in [0.25, 0.3) is 22.7 Å². The molecular weight excluding hydrogens is 252 g/mol. The van der Waals surface area contributed by atoms with Crippen molar-refractivity contribution in [2.45, 2.75) is 0 Å². The molecule has 0 bridgehead atoms. The Balaban J connectivity index is 2.01. The standard InChI is InChI=1S/C15H10N4O/c20-15-10(8-9-2-1-5-16-9)13-11(19-15)3-4-12-14(13)18-7-6-17-12/h1-8,16H,(H,19,20)/b10-8-. The molecule has 0 saturated heterocycles. The minimum absolute atomic E-state index is 0.118. The summed E-state index contributed by atoms with van der Waals surface area (Å²) in [5, 5.41) is 2.86. The first kappa shape index (κ1) is 10.9. The predicted octanol–water partition coefficient (Wildman–Crippen LogP) is 2.45.